The predicted octanol–water partition coefficient (Wildman–Crippen LogP) is 2.14. The number of amides is 1. The third kappa shape index (κ3) is 2.85. The highest BCUT2D eigenvalue weighted by atomic mass is 32.1. The summed E-state index contributed by atoms with van der Waals surface area (Å²) >= 11 is 6.30. The summed E-state index contributed by atoms with van der Waals surface area (Å²) in [5.74, 6) is -0.235. The molecular weight excluding hydrogens is 266 g/mol. The molecule has 1 aromatic heterocycles. The van der Waals surface area contributed by atoms with E-state index in [0.29, 0.717) is 4.88 Å². The molecule has 0 bridgehead atoms. The Labute approximate surface area is 114 Å². The van der Waals surface area contributed by atoms with Crippen molar-refractivity contribution in [2.24, 2.45) is 5.73 Å². The molecule has 0 spiro atoms. The second kappa shape index (κ2) is 5.61. The first-order chi connectivity index (χ1) is 8.68. The van der Waals surface area contributed by atoms with Crippen LogP contribution in [0.2, 0.25) is 0 Å². The van der Waals surface area contributed by atoms with Gasteiger partial charge >= 0.3 is 0 Å². The molecule has 2 rings (SSSR count). The summed E-state index contributed by atoms with van der Waals surface area (Å²) in [6, 6.07) is 12.7. The number of hydrogen-bond donors (Lipinski definition) is 2. The molecule has 1 heterocycles. The van der Waals surface area contributed by atoms with Crippen LogP contribution in [0.5, 0.6) is 0 Å². The minimum absolute atomic E-state index is 0.0890. The predicted molar refractivity (Wildman–Crippen MR) is 77.5 cm³/mol. The fourth-order valence-electron chi connectivity index (χ4n) is 1.39. The van der Waals surface area contributed by atoms with Gasteiger partial charge in [0.2, 0.25) is 0 Å². The summed E-state index contributed by atoms with van der Waals surface area (Å²) in [5.41, 5.74) is 9.01. The Balaban J connectivity index is 2.18. The summed E-state index contributed by atoms with van der Waals surface area (Å²) in [4.78, 5) is 12.5. The van der Waals surface area contributed by atoms with Crippen molar-refractivity contribution in [3.05, 3.63) is 52.7 Å². The van der Waals surface area contributed by atoms with E-state index < -0.39 is 0 Å². The van der Waals surface area contributed by atoms with Crippen molar-refractivity contribution in [1.29, 1.82) is 0 Å². The number of nitrogens with one attached hydrogen (secondary N) is 1. The Bertz CT molecular complexity index is 540. The van der Waals surface area contributed by atoms with Gasteiger partial charge in [-0.25, -0.2) is 5.01 Å². The first-order valence-electron chi connectivity index (χ1n) is 5.17. The average molecular weight is 277 g/mol. The second-order valence-corrected chi connectivity index (χ2v) is 4.79. The zero-order valence-corrected chi connectivity index (χ0v) is 11.0. The number of rotatable bonds is 2. The maximum absolute atomic E-state index is 11.9. The fraction of sp³-hybridized carbons (Fsp3) is 0. The van der Waals surface area contributed by atoms with Crippen molar-refractivity contribution in [3.8, 4) is 0 Å². The molecule has 2 aromatic rings. The highest BCUT2D eigenvalue weighted by molar-refractivity contribution is 7.80. The van der Waals surface area contributed by atoms with Crippen molar-refractivity contribution in [2.75, 3.05) is 5.01 Å². The molecule has 92 valence electrons. The van der Waals surface area contributed by atoms with Gasteiger partial charge in [-0.05, 0) is 35.8 Å². The smallest absolute Gasteiger partial charge is 0.280 e. The Morgan fingerprint density at radius 1 is 1.22 bits per heavy atom. The van der Waals surface area contributed by atoms with Crippen molar-refractivity contribution in [1.82, 2.24) is 5.43 Å². The number of para-hydroxylation sites is 1. The van der Waals surface area contributed by atoms with E-state index in [1.165, 1.54) is 16.3 Å². The van der Waals surface area contributed by atoms with E-state index in [4.69, 9.17) is 18.0 Å². The first kappa shape index (κ1) is 12.5. The molecule has 1 amide bonds. The second-order valence-electron chi connectivity index (χ2n) is 3.43. The number of benzene rings is 1. The quantitative estimate of drug-likeness (QED) is 0.652. The third-order valence-corrected chi connectivity index (χ3v) is 3.24. The van der Waals surface area contributed by atoms with Crippen LogP contribution in [0.1, 0.15) is 9.67 Å². The zero-order valence-electron chi connectivity index (χ0n) is 9.37. The van der Waals surface area contributed by atoms with Crippen molar-refractivity contribution >= 4 is 40.3 Å². The highest BCUT2D eigenvalue weighted by Gasteiger charge is 2.14. The van der Waals surface area contributed by atoms with E-state index in [-0.39, 0.29) is 11.0 Å². The van der Waals surface area contributed by atoms with Crippen molar-refractivity contribution in [3.63, 3.8) is 0 Å². The largest absolute Gasteiger partial charge is 0.374 e. The maximum Gasteiger partial charge on any atom is 0.280 e. The molecule has 4 nitrogen and oxygen atoms in total. The number of thiophene rings is 1. The summed E-state index contributed by atoms with van der Waals surface area (Å²) < 4.78 is 0. The van der Waals surface area contributed by atoms with Crippen LogP contribution in [0.3, 0.4) is 0 Å². The van der Waals surface area contributed by atoms with E-state index in [1.54, 1.807) is 6.07 Å². The van der Waals surface area contributed by atoms with E-state index in [9.17, 15) is 4.79 Å². The third-order valence-electron chi connectivity index (χ3n) is 2.19. The lowest BCUT2D eigenvalue weighted by Gasteiger charge is -2.22. The van der Waals surface area contributed by atoms with Crippen LogP contribution in [0.4, 0.5) is 5.69 Å². The Morgan fingerprint density at radius 3 is 2.50 bits per heavy atom. The van der Waals surface area contributed by atoms with E-state index >= 15 is 0 Å². The SMILES string of the molecule is NC(=S)N(NC(=O)c1cccs1)c1ccccc1. The van der Waals surface area contributed by atoms with Crippen LogP contribution < -0.4 is 16.2 Å². The van der Waals surface area contributed by atoms with Crippen molar-refractivity contribution < 1.29 is 4.79 Å². The van der Waals surface area contributed by atoms with Crippen molar-refractivity contribution in [2.45, 2.75) is 0 Å². The molecule has 1 aromatic carbocycles. The molecule has 3 N–H and O–H groups in total. The number of anilines is 1. The molecule has 0 aliphatic carbocycles. The van der Waals surface area contributed by atoms with E-state index in [1.807, 2.05) is 41.8 Å². The van der Waals surface area contributed by atoms with Crippen LogP contribution >= 0.6 is 23.6 Å². The number of hydrogen-bond acceptors (Lipinski definition) is 3. The van der Waals surface area contributed by atoms with Gasteiger partial charge in [-0.15, -0.1) is 11.3 Å². The Kier molecular flexibility index (Phi) is 3.91. The summed E-state index contributed by atoms with van der Waals surface area (Å²) in [6.45, 7) is 0. The van der Waals surface area contributed by atoms with Gasteiger partial charge in [0.1, 0.15) is 0 Å². The van der Waals surface area contributed by atoms with Gasteiger partial charge in [0.25, 0.3) is 5.91 Å². The lowest BCUT2D eigenvalue weighted by atomic mass is 10.3. The molecule has 0 unspecified atom stereocenters. The van der Waals surface area contributed by atoms with Gasteiger partial charge in [-0.2, -0.15) is 0 Å². The van der Waals surface area contributed by atoms with E-state index in [0.717, 1.165) is 5.69 Å². The standard InChI is InChI=1S/C12H11N3OS2/c13-12(17)15(9-5-2-1-3-6-9)14-11(16)10-7-4-8-18-10/h1-8H,(H2,13,17)(H,14,16). The number of nitrogens with two attached hydrogens (primary N) is 1. The van der Waals surface area contributed by atoms with Gasteiger partial charge in [-0.3, -0.25) is 10.2 Å². The summed E-state index contributed by atoms with van der Waals surface area (Å²) in [7, 11) is 0. The van der Waals surface area contributed by atoms with Gasteiger partial charge in [-0.1, -0.05) is 24.3 Å². The van der Waals surface area contributed by atoms with Gasteiger partial charge in [0, 0.05) is 0 Å². The first-order valence-corrected chi connectivity index (χ1v) is 6.46. The molecular formula is C12H11N3OS2. The molecule has 0 saturated heterocycles. The Hall–Kier alpha value is -1.92. The molecule has 0 aliphatic rings. The van der Waals surface area contributed by atoms with Crippen LogP contribution in [0.25, 0.3) is 0 Å². The van der Waals surface area contributed by atoms with Gasteiger partial charge < -0.3 is 5.73 Å². The lowest BCUT2D eigenvalue weighted by Crippen LogP contribution is -2.48. The maximum atomic E-state index is 11.9. The molecule has 0 fully saturated rings. The zero-order chi connectivity index (χ0) is 13.0. The monoisotopic (exact) mass is 277 g/mol. The Morgan fingerprint density at radius 2 is 1.94 bits per heavy atom. The molecule has 0 aliphatic heterocycles. The van der Waals surface area contributed by atoms with Gasteiger partial charge in [0.05, 0.1) is 10.6 Å². The molecule has 0 atom stereocenters. The van der Waals surface area contributed by atoms with Gasteiger partial charge in [0.15, 0.2) is 5.11 Å². The number of carbonyl (C=O) groups is 1. The minimum Gasteiger partial charge on any atom is -0.374 e. The molecule has 0 saturated carbocycles. The lowest BCUT2D eigenvalue weighted by molar-refractivity contribution is 0.0959. The summed E-state index contributed by atoms with van der Waals surface area (Å²) in [6.07, 6.45) is 0. The fourth-order valence-corrected chi connectivity index (χ4v) is 2.15. The van der Waals surface area contributed by atoms with Crippen LogP contribution in [-0.2, 0) is 0 Å². The topological polar surface area (TPSA) is 58.4 Å². The van der Waals surface area contributed by atoms with E-state index in [2.05, 4.69) is 5.43 Å². The minimum atomic E-state index is -0.235. The van der Waals surface area contributed by atoms with Crippen LogP contribution in [-0.4, -0.2) is 11.0 Å². The number of carbonyl (C=O) groups excluding carboxylic acids is 1. The molecule has 18 heavy (non-hydrogen) atoms. The summed E-state index contributed by atoms with van der Waals surface area (Å²) in [5, 5.41) is 3.31. The number of thiocarbonyl (C=S) groups is 1. The number of hydrazine groups is 1. The normalized spacial score (nSPS) is 9.78. The average Bonchev–Trinajstić information content (AvgIpc) is 2.90. The van der Waals surface area contributed by atoms with Crippen LogP contribution in [0, 0.1) is 0 Å². The highest BCUT2D eigenvalue weighted by Crippen LogP contribution is 2.13. The van der Waals surface area contributed by atoms with Crippen LogP contribution in [0.15, 0.2) is 47.8 Å². The molecule has 0 radical (unpaired) electrons. The molecule has 6 heteroatoms. The number of nitrogens with zero attached hydrogens (tertiary/aromatic N) is 1.